The number of carbonyl (C=O) groups is 1. The van der Waals surface area contributed by atoms with Crippen LogP contribution in [-0.4, -0.2) is 13.1 Å². The Labute approximate surface area is 96.7 Å². The average molecular weight is 218 g/mol. The Hall–Kier alpha value is -1.31. The highest BCUT2D eigenvalue weighted by molar-refractivity contribution is 5.82. The second-order valence-electron chi connectivity index (χ2n) is 4.41. The van der Waals surface area contributed by atoms with E-state index in [1.807, 2.05) is 0 Å². The molecule has 2 aliphatic rings. The van der Waals surface area contributed by atoms with E-state index in [1.165, 1.54) is 25.5 Å². The van der Waals surface area contributed by atoms with E-state index in [-0.39, 0.29) is 5.97 Å². The molecule has 0 amide bonds. The van der Waals surface area contributed by atoms with Gasteiger partial charge in [-0.05, 0) is 31.6 Å². The van der Waals surface area contributed by atoms with Gasteiger partial charge >= 0.3 is 5.97 Å². The molecular formula is C14H18O2. The van der Waals surface area contributed by atoms with Crippen molar-refractivity contribution in [1.29, 1.82) is 0 Å². The van der Waals surface area contributed by atoms with E-state index in [2.05, 4.69) is 24.3 Å². The molecule has 0 radical (unpaired) electrons. The summed E-state index contributed by atoms with van der Waals surface area (Å²) < 4.78 is 4.70. The molecule has 0 aromatic rings. The predicted molar refractivity (Wildman–Crippen MR) is 63.8 cm³/mol. The van der Waals surface area contributed by atoms with Crippen LogP contribution in [0.5, 0.6) is 0 Å². The van der Waals surface area contributed by atoms with Gasteiger partial charge in [0.2, 0.25) is 0 Å². The quantitative estimate of drug-likeness (QED) is 0.404. The Morgan fingerprint density at radius 1 is 1.44 bits per heavy atom. The molecule has 2 nitrogen and oxygen atoms in total. The van der Waals surface area contributed by atoms with Crippen molar-refractivity contribution in [2.24, 2.45) is 11.8 Å². The molecule has 0 saturated heterocycles. The zero-order chi connectivity index (χ0) is 11.4. The number of carbonyl (C=O) groups excluding carboxylic acids is 1. The Bertz CT molecular complexity index is 338. The SMILES string of the molecule is COC(=O)/C=C1\CCC[C@H]1C1C=CCC=C1. The molecule has 0 aliphatic heterocycles. The summed E-state index contributed by atoms with van der Waals surface area (Å²) in [6, 6.07) is 0. The van der Waals surface area contributed by atoms with Crippen molar-refractivity contribution in [2.45, 2.75) is 25.7 Å². The second kappa shape index (κ2) is 5.15. The Balaban J connectivity index is 2.11. The number of esters is 1. The first-order valence-electron chi connectivity index (χ1n) is 5.93. The van der Waals surface area contributed by atoms with Gasteiger partial charge in [0.25, 0.3) is 0 Å². The zero-order valence-corrected chi connectivity index (χ0v) is 9.69. The van der Waals surface area contributed by atoms with Gasteiger partial charge in [0.15, 0.2) is 0 Å². The van der Waals surface area contributed by atoms with Crippen LogP contribution in [0, 0.1) is 11.8 Å². The topological polar surface area (TPSA) is 26.3 Å². The van der Waals surface area contributed by atoms with Gasteiger partial charge in [-0.25, -0.2) is 4.79 Å². The Morgan fingerprint density at radius 3 is 2.88 bits per heavy atom. The monoisotopic (exact) mass is 218 g/mol. The average Bonchev–Trinajstić information content (AvgIpc) is 2.78. The normalized spacial score (nSPS) is 27.6. The molecular weight excluding hydrogens is 200 g/mol. The molecule has 0 N–H and O–H groups in total. The fraction of sp³-hybridized carbons (Fsp3) is 0.500. The molecule has 0 unspecified atom stereocenters. The molecule has 0 spiro atoms. The molecule has 86 valence electrons. The number of hydrogen-bond donors (Lipinski definition) is 0. The minimum atomic E-state index is -0.217. The molecule has 2 heteroatoms. The van der Waals surface area contributed by atoms with Crippen LogP contribution < -0.4 is 0 Å². The van der Waals surface area contributed by atoms with E-state index in [4.69, 9.17) is 4.74 Å². The number of methoxy groups -OCH3 is 1. The highest BCUT2D eigenvalue weighted by Crippen LogP contribution is 2.38. The summed E-state index contributed by atoms with van der Waals surface area (Å²) in [4.78, 5) is 11.3. The van der Waals surface area contributed by atoms with E-state index in [1.54, 1.807) is 6.08 Å². The summed E-state index contributed by atoms with van der Waals surface area (Å²) in [6.07, 6.45) is 15.1. The number of hydrogen-bond acceptors (Lipinski definition) is 2. The first-order valence-corrected chi connectivity index (χ1v) is 5.93. The molecule has 1 fully saturated rings. The van der Waals surface area contributed by atoms with Crippen molar-refractivity contribution < 1.29 is 9.53 Å². The fourth-order valence-corrected chi connectivity index (χ4v) is 2.61. The van der Waals surface area contributed by atoms with Crippen LogP contribution in [0.3, 0.4) is 0 Å². The molecule has 0 aromatic heterocycles. The number of rotatable bonds is 2. The lowest BCUT2D eigenvalue weighted by Gasteiger charge is -2.20. The first kappa shape index (κ1) is 11.2. The summed E-state index contributed by atoms with van der Waals surface area (Å²) in [7, 11) is 1.43. The summed E-state index contributed by atoms with van der Waals surface area (Å²) in [6.45, 7) is 0. The fourth-order valence-electron chi connectivity index (χ4n) is 2.61. The lowest BCUT2D eigenvalue weighted by Crippen LogP contribution is -2.11. The number of ether oxygens (including phenoxy) is 1. The second-order valence-corrected chi connectivity index (χ2v) is 4.41. The highest BCUT2D eigenvalue weighted by Gasteiger charge is 2.27. The Kier molecular flexibility index (Phi) is 3.60. The summed E-state index contributed by atoms with van der Waals surface area (Å²) in [5.74, 6) is 0.768. The van der Waals surface area contributed by atoms with Crippen molar-refractivity contribution in [2.75, 3.05) is 7.11 Å². The van der Waals surface area contributed by atoms with Gasteiger partial charge in [-0.3, -0.25) is 0 Å². The standard InChI is InChI=1S/C14H18O2/c1-16-14(15)10-12-8-5-9-13(12)11-6-3-2-4-7-11/h3-4,6-7,10-11,13H,2,5,8-9H2,1H3/b12-10+/t13-/m0/s1. The smallest absolute Gasteiger partial charge is 0.330 e. The van der Waals surface area contributed by atoms with E-state index in [0.717, 1.165) is 12.8 Å². The van der Waals surface area contributed by atoms with Gasteiger partial charge in [-0.15, -0.1) is 0 Å². The third kappa shape index (κ3) is 2.43. The maximum atomic E-state index is 11.3. The molecule has 16 heavy (non-hydrogen) atoms. The lowest BCUT2D eigenvalue weighted by molar-refractivity contribution is -0.134. The van der Waals surface area contributed by atoms with E-state index >= 15 is 0 Å². The van der Waals surface area contributed by atoms with E-state index in [9.17, 15) is 4.79 Å². The molecule has 0 heterocycles. The van der Waals surface area contributed by atoms with E-state index < -0.39 is 0 Å². The van der Waals surface area contributed by atoms with Crippen LogP contribution in [-0.2, 0) is 9.53 Å². The van der Waals surface area contributed by atoms with Crippen LogP contribution in [0.25, 0.3) is 0 Å². The van der Waals surface area contributed by atoms with Crippen LogP contribution >= 0.6 is 0 Å². The first-order chi connectivity index (χ1) is 7.81. The van der Waals surface area contributed by atoms with Crippen LogP contribution in [0.15, 0.2) is 36.0 Å². The van der Waals surface area contributed by atoms with Crippen molar-refractivity contribution in [3.05, 3.63) is 36.0 Å². The molecule has 1 saturated carbocycles. The molecule has 0 bridgehead atoms. The van der Waals surface area contributed by atoms with Gasteiger partial charge in [-0.2, -0.15) is 0 Å². The molecule has 2 rings (SSSR count). The summed E-state index contributed by atoms with van der Waals surface area (Å²) >= 11 is 0. The molecule has 0 aromatic carbocycles. The van der Waals surface area contributed by atoms with Gasteiger partial charge in [0.05, 0.1) is 7.11 Å². The Morgan fingerprint density at radius 2 is 2.19 bits per heavy atom. The molecule has 2 aliphatic carbocycles. The predicted octanol–water partition coefficient (Wildman–Crippen LogP) is 3.02. The van der Waals surface area contributed by atoms with Crippen LogP contribution in [0.2, 0.25) is 0 Å². The van der Waals surface area contributed by atoms with Crippen molar-refractivity contribution in [3.8, 4) is 0 Å². The van der Waals surface area contributed by atoms with Crippen molar-refractivity contribution in [1.82, 2.24) is 0 Å². The van der Waals surface area contributed by atoms with Gasteiger partial charge in [-0.1, -0.05) is 29.9 Å². The minimum absolute atomic E-state index is 0.217. The van der Waals surface area contributed by atoms with Gasteiger partial charge in [0, 0.05) is 12.0 Å². The van der Waals surface area contributed by atoms with E-state index in [0.29, 0.717) is 11.8 Å². The lowest BCUT2D eigenvalue weighted by atomic mass is 9.85. The summed E-state index contributed by atoms with van der Waals surface area (Å²) in [5.41, 5.74) is 1.26. The highest BCUT2D eigenvalue weighted by atomic mass is 16.5. The van der Waals surface area contributed by atoms with Crippen LogP contribution in [0.4, 0.5) is 0 Å². The third-order valence-corrected chi connectivity index (χ3v) is 3.41. The van der Waals surface area contributed by atoms with Gasteiger partial charge < -0.3 is 4.74 Å². The largest absolute Gasteiger partial charge is 0.466 e. The van der Waals surface area contributed by atoms with Crippen molar-refractivity contribution in [3.63, 3.8) is 0 Å². The van der Waals surface area contributed by atoms with Crippen molar-refractivity contribution >= 4 is 5.97 Å². The maximum absolute atomic E-state index is 11.3. The van der Waals surface area contributed by atoms with Crippen LogP contribution in [0.1, 0.15) is 25.7 Å². The minimum Gasteiger partial charge on any atom is -0.466 e. The zero-order valence-electron chi connectivity index (χ0n) is 9.69. The third-order valence-electron chi connectivity index (χ3n) is 3.41. The van der Waals surface area contributed by atoms with Gasteiger partial charge in [0.1, 0.15) is 0 Å². The summed E-state index contributed by atoms with van der Waals surface area (Å²) in [5, 5.41) is 0. The number of allylic oxidation sites excluding steroid dienone is 5. The molecule has 1 atom stereocenters. The maximum Gasteiger partial charge on any atom is 0.330 e.